The minimum atomic E-state index is 1.41. The molecule has 0 amide bonds. The van der Waals surface area contributed by atoms with Crippen LogP contribution in [-0.4, -0.2) is 35.4 Å². The molecular formula is C4H2Li2S. The summed E-state index contributed by atoms with van der Waals surface area (Å²) in [6.07, 6.45) is 0. The van der Waals surface area contributed by atoms with E-state index in [-0.39, 0.29) is 0 Å². The van der Waals surface area contributed by atoms with E-state index in [0.717, 1.165) is 0 Å². The summed E-state index contributed by atoms with van der Waals surface area (Å²) in [5, 5.41) is 4.32. The van der Waals surface area contributed by atoms with Gasteiger partial charge < -0.3 is 0 Å². The minimum absolute atomic E-state index is 1.41. The third-order valence-corrected chi connectivity index (χ3v) is 2.09. The average molecular weight is 96.0 g/mol. The van der Waals surface area contributed by atoms with Gasteiger partial charge >= 0.3 is 66.0 Å². The Balaban J connectivity index is 3.12. The van der Waals surface area contributed by atoms with E-state index in [4.69, 9.17) is 0 Å². The normalized spacial score (nSPS) is 9.71. The van der Waals surface area contributed by atoms with Crippen molar-refractivity contribution >= 4 is 55.2 Å². The molecule has 0 aliphatic heterocycles. The van der Waals surface area contributed by atoms with Crippen molar-refractivity contribution in [2.45, 2.75) is 0 Å². The maximum absolute atomic E-state index is 2.16. The first-order valence-corrected chi connectivity index (χ1v) is 3.24. The molecule has 0 aliphatic carbocycles. The molecule has 7 heavy (non-hydrogen) atoms. The molecule has 0 atom stereocenters. The van der Waals surface area contributed by atoms with E-state index in [1.54, 1.807) is 11.3 Å². The van der Waals surface area contributed by atoms with Gasteiger partial charge in [0.25, 0.3) is 0 Å². The SMILES string of the molecule is [Li][c]1csc[c]1[Li]. The van der Waals surface area contributed by atoms with E-state index in [2.05, 4.69) is 46.2 Å². The van der Waals surface area contributed by atoms with Crippen molar-refractivity contribution in [3.8, 4) is 0 Å². The van der Waals surface area contributed by atoms with Crippen LogP contribution in [0.1, 0.15) is 0 Å². The van der Waals surface area contributed by atoms with Crippen molar-refractivity contribution in [2.75, 3.05) is 0 Å². The van der Waals surface area contributed by atoms with Gasteiger partial charge in [0.1, 0.15) is 0 Å². The Hall–Kier alpha value is 0.895. The number of hydrogen-bond donors (Lipinski definition) is 0. The van der Waals surface area contributed by atoms with E-state index in [0.29, 0.717) is 0 Å². The van der Waals surface area contributed by atoms with Gasteiger partial charge in [0, 0.05) is 0 Å². The summed E-state index contributed by atoms with van der Waals surface area (Å²) in [6, 6.07) is 0. The fraction of sp³-hybridized carbons (Fsp3) is 0. The van der Waals surface area contributed by atoms with Crippen LogP contribution in [-0.2, 0) is 0 Å². The summed E-state index contributed by atoms with van der Waals surface area (Å²) in [7, 11) is 0. The van der Waals surface area contributed by atoms with Crippen LogP contribution in [0, 0.1) is 0 Å². The van der Waals surface area contributed by atoms with Gasteiger partial charge in [-0.1, -0.05) is 0 Å². The van der Waals surface area contributed by atoms with Crippen molar-refractivity contribution in [3.63, 3.8) is 0 Å². The van der Waals surface area contributed by atoms with E-state index in [1.165, 1.54) is 8.47 Å². The second kappa shape index (κ2) is 2.45. The third kappa shape index (κ3) is 1.39. The summed E-state index contributed by atoms with van der Waals surface area (Å²) in [4.78, 5) is 0. The molecule has 0 spiro atoms. The predicted molar refractivity (Wildman–Crippen MR) is 35.1 cm³/mol. The fourth-order valence-corrected chi connectivity index (χ4v) is 1.27. The number of rotatable bonds is 0. The summed E-state index contributed by atoms with van der Waals surface area (Å²) in [5.74, 6) is 0. The molecule has 0 aliphatic rings. The standard InChI is InChI=1S/C4H2S.2Li/c1-2-4-5-3-1;;/h3-4H;;. The van der Waals surface area contributed by atoms with Gasteiger partial charge in [-0.2, -0.15) is 0 Å². The van der Waals surface area contributed by atoms with Gasteiger partial charge in [-0.15, -0.1) is 0 Å². The van der Waals surface area contributed by atoms with Gasteiger partial charge in [0.2, 0.25) is 0 Å². The molecule has 0 N–H and O–H groups in total. The maximum atomic E-state index is 2.16. The van der Waals surface area contributed by atoms with Crippen LogP contribution in [0.15, 0.2) is 10.8 Å². The van der Waals surface area contributed by atoms with Crippen LogP contribution < -0.4 is 8.47 Å². The average Bonchev–Trinajstić information content (AvgIpc) is 1.91. The van der Waals surface area contributed by atoms with Crippen LogP contribution >= 0.6 is 11.3 Å². The van der Waals surface area contributed by atoms with Crippen molar-refractivity contribution in [1.82, 2.24) is 0 Å². The van der Waals surface area contributed by atoms with Crippen molar-refractivity contribution in [1.29, 1.82) is 0 Å². The van der Waals surface area contributed by atoms with Gasteiger partial charge in [0.15, 0.2) is 0 Å². The topological polar surface area (TPSA) is 0 Å². The van der Waals surface area contributed by atoms with Crippen LogP contribution in [0.25, 0.3) is 0 Å². The molecule has 0 fully saturated rings. The van der Waals surface area contributed by atoms with Crippen molar-refractivity contribution in [2.24, 2.45) is 0 Å². The van der Waals surface area contributed by atoms with Gasteiger partial charge in [-0.25, -0.2) is 0 Å². The Morgan fingerprint density at radius 3 is 1.71 bits per heavy atom. The first-order valence-electron chi connectivity index (χ1n) is 2.30. The van der Waals surface area contributed by atoms with Gasteiger partial charge in [-0.05, 0) is 0 Å². The molecule has 0 radical (unpaired) electrons. The van der Waals surface area contributed by atoms with Crippen LogP contribution in [0.4, 0.5) is 0 Å². The Kier molecular flexibility index (Phi) is 2.10. The fourth-order valence-electron chi connectivity index (χ4n) is 0.424. The Bertz CT molecular complexity index is 142. The zero-order valence-electron chi connectivity index (χ0n) is 4.56. The van der Waals surface area contributed by atoms with E-state index in [1.807, 2.05) is 0 Å². The van der Waals surface area contributed by atoms with E-state index >= 15 is 0 Å². The number of hydrogen-bond acceptors (Lipinski definition) is 1. The van der Waals surface area contributed by atoms with Gasteiger partial charge in [-0.3, -0.25) is 0 Å². The summed E-state index contributed by atoms with van der Waals surface area (Å²) >= 11 is 6.03. The second-order valence-electron chi connectivity index (χ2n) is 1.74. The molecule has 0 saturated heterocycles. The van der Waals surface area contributed by atoms with Crippen LogP contribution in [0.2, 0.25) is 0 Å². The Morgan fingerprint density at radius 1 is 1.14 bits per heavy atom. The van der Waals surface area contributed by atoms with Crippen LogP contribution in [0.3, 0.4) is 0 Å². The first kappa shape index (κ1) is 6.02. The number of thiophene rings is 1. The molecule has 0 nitrogen and oxygen atoms in total. The molecular weight excluding hydrogens is 94.0 g/mol. The molecule has 1 aromatic rings. The molecule has 0 bridgehead atoms. The molecule has 1 heterocycles. The second-order valence-corrected chi connectivity index (χ2v) is 2.48. The summed E-state index contributed by atoms with van der Waals surface area (Å²) in [6.45, 7) is 0. The molecule has 1 rings (SSSR count). The molecule has 0 aromatic carbocycles. The zero-order chi connectivity index (χ0) is 5.28. The van der Waals surface area contributed by atoms with E-state index in [9.17, 15) is 0 Å². The molecule has 26 valence electrons. The zero-order valence-corrected chi connectivity index (χ0v) is 5.38. The van der Waals surface area contributed by atoms with Gasteiger partial charge in [0.05, 0.1) is 0 Å². The van der Waals surface area contributed by atoms with Crippen molar-refractivity contribution in [3.05, 3.63) is 10.8 Å². The molecule has 0 unspecified atom stereocenters. The summed E-state index contributed by atoms with van der Waals surface area (Å²) < 4.78 is 2.81. The third-order valence-electron chi connectivity index (χ3n) is 1.11. The Labute approximate surface area is 65.7 Å². The monoisotopic (exact) mass is 96.0 g/mol. The quantitative estimate of drug-likeness (QED) is 0.376. The first-order chi connectivity index (χ1) is 3.30. The molecule has 1 aromatic heterocycles. The molecule has 0 saturated carbocycles. The van der Waals surface area contributed by atoms with Crippen LogP contribution in [0.5, 0.6) is 0 Å². The summed E-state index contributed by atoms with van der Waals surface area (Å²) in [5.41, 5.74) is 0. The van der Waals surface area contributed by atoms with E-state index < -0.39 is 0 Å². The Morgan fingerprint density at radius 2 is 1.57 bits per heavy atom. The van der Waals surface area contributed by atoms with Crippen molar-refractivity contribution < 1.29 is 0 Å². The molecule has 3 heteroatoms. The predicted octanol–water partition coefficient (Wildman–Crippen LogP) is -0.664.